The van der Waals surface area contributed by atoms with Gasteiger partial charge in [0, 0.05) is 11.8 Å². The summed E-state index contributed by atoms with van der Waals surface area (Å²) in [4.78, 5) is 18.6. The van der Waals surface area contributed by atoms with Crippen LogP contribution in [-0.2, 0) is 21.1 Å². The van der Waals surface area contributed by atoms with E-state index in [0.717, 1.165) is 5.56 Å². The molecule has 26 heavy (non-hydrogen) atoms. The number of methoxy groups -OCH3 is 2. The van der Waals surface area contributed by atoms with Crippen LogP contribution >= 0.6 is 11.8 Å². The lowest BCUT2D eigenvalue weighted by molar-refractivity contribution is -0.117. The van der Waals surface area contributed by atoms with Crippen molar-refractivity contribution in [1.29, 1.82) is 0 Å². The third-order valence-corrected chi connectivity index (χ3v) is 7.79. The number of hydrogen-bond acceptors (Lipinski definition) is 6. The van der Waals surface area contributed by atoms with Gasteiger partial charge in [-0.15, -0.1) is 0 Å². The minimum absolute atomic E-state index is 0.0346. The highest BCUT2D eigenvalue weighted by Crippen LogP contribution is 2.38. The van der Waals surface area contributed by atoms with Gasteiger partial charge in [0.15, 0.2) is 26.5 Å². The first-order valence-electron chi connectivity index (χ1n) is 8.33. The Morgan fingerprint density at radius 2 is 2.00 bits per heavy atom. The number of sulfone groups is 1. The molecule has 1 aromatic rings. The van der Waals surface area contributed by atoms with Crippen LogP contribution in [0, 0.1) is 0 Å². The molecular formula is C17H22N2O5S2. The minimum Gasteiger partial charge on any atom is -0.493 e. The number of fused-ring (bicyclic) bond motifs is 1. The number of carbonyl (C=O) groups excluding carboxylic acids is 1. The zero-order chi connectivity index (χ0) is 18.9. The molecule has 2 aliphatic rings. The second-order valence-corrected chi connectivity index (χ2v) is 9.60. The lowest BCUT2D eigenvalue weighted by atomic mass is 10.1. The third kappa shape index (κ3) is 3.83. The van der Waals surface area contributed by atoms with E-state index < -0.39 is 9.84 Å². The van der Waals surface area contributed by atoms with Crippen LogP contribution in [-0.4, -0.2) is 68.0 Å². The molecular weight excluding hydrogens is 376 g/mol. The maximum Gasteiger partial charge on any atom is 0.252 e. The fourth-order valence-electron chi connectivity index (χ4n) is 3.32. The van der Waals surface area contributed by atoms with E-state index in [1.807, 2.05) is 11.8 Å². The summed E-state index contributed by atoms with van der Waals surface area (Å²) >= 11 is 1.40. The van der Waals surface area contributed by atoms with Crippen LogP contribution in [0.5, 0.6) is 11.5 Å². The number of aliphatic imine (C=N–C) groups is 1. The lowest BCUT2D eigenvalue weighted by Crippen LogP contribution is -2.37. The minimum atomic E-state index is -2.99. The zero-order valence-electron chi connectivity index (χ0n) is 15.0. The van der Waals surface area contributed by atoms with Crippen molar-refractivity contribution in [2.75, 3.05) is 32.3 Å². The molecule has 1 amide bonds. The van der Waals surface area contributed by atoms with Crippen LogP contribution in [0.15, 0.2) is 23.2 Å². The molecule has 0 bridgehead atoms. The van der Waals surface area contributed by atoms with Gasteiger partial charge in [0.05, 0.1) is 38.2 Å². The Balaban J connectivity index is 1.73. The normalized spacial score (nSPS) is 25.3. The van der Waals surface area contributed by atoms with Gasteiger partial charge in [0.2, 0.25) is 0 Å². The van der Waals surface area contributed by atoms with Gasteiger partial charge in [-0.2, -0.15) is 4.99 Å². The Hall–Kier alpha value is -1.74. The summed E-state index contributed by atoms with van der Waals surface area (Å²) < 4.78 is 34.1. The van der Waals surface area contributed by atoms with Crippen molar-refractivity contribution in [3.05, 3.63) is 23.8 Å². The third-order valence-electron chi connectivity index (χ3n) is 4.54. The lowest BCUT2D eigenvalue weighted by Gasteiger charge is -2.22. The van der Waals surface area contributed by atoms with Gasteiger partial charge in [-0.25, -0.2) is 8.42 Å². The summed E-state index contributed by atoms with van der Waals surface area (Å²) in [5, 5.41) is 0.593. The molecule has 2 fully saturated rings. The first-order chi connectivity index (χ1) is 12.4. The van der Waals surface area contributed by atoms with Crippen LogP contribution in [0.25, 0.3) is 0 Å². The van der Waals surface area contributed by atoms with Crippen LogP contribution in [0.4, 0.5) is 0 Å². The molecule has 0 N–H and O–H groups in total. The molecule has 2 unspecified atom stereocenters. The zero-order valence-corrected chi connectivity index (χ0v) is 16.6. The average molecular weight is 399 g/mol. The standard InChI is InChI=1S/C17H22N2O5S2/c1-4-19-12-9-26(21,22)10-15(12)25-17(19)18-16(20)8-11-5-6-13(23-2)14(7-11)24-3/h5-7,12,15H,4,8-10H2,1-3H3. The number of hydrogen-bond donors (Lipinski definition) is 0. The van der Waals surface area contributed by atoms with Gasteiger partial charge in [-0.3, -0.25) is 4.79 Å². The summed E-state index contributed by atoms with van der Waals surface area (Å²) in [6, 6.07) is 5.24. The van der Waals surface area contributed by atoms with E-state index in [1.165, 1.54) is 11.8 Å². The number of nitrogens with zero attached hydrogens (tertiary/aromatic N) is 2. The fraction of sp³-hybridized carbons (Fsp3) is 0.529. The van der Waals surface area contributed by atoms with Gasteiger partial charge in [-0.1, -0.05) is 17.8 Å². The summed E-state index contributed by atoms with van der Waals surface area (Å²) in [5.41, 5.74) is 0.783. The highest BCUT2D eigenvalue weighted by atomic mass is 32.2. The maximum absolute atomic E-state index is 12.4. The van der Waals surface area contributed by atoms with Gasteiger partial charge in [0.25, 0.3) is 5.91 Å². The Labute approximate surface area is 157 Å². The monoisotopic (exact) mass is 398 g/mol. The van der Waals surface area contributed by atoms with E-state index in [0.29, 0.717) is 23.2 Å². The van der Waals surface area contributed by atoms with Gasteiger partial charge < -0.3 is 14.4 Å². The van der Waals surface area contributed by atoms with Crippen molar-refractivity contribution in [2.24, 2.45) is 4.99 Å². The molecule has 2 heterocycles. The van der Waals surface area contributed by atoms with Crippen molar-refractivity contribution >= 4 is 32.7 Å². The Bertz CT molecular complexity index is 838. The van der Waals surface area contributed by atoms with Gasteiger partial charge >= 0.3 is 0 Å². The second kappa shape index (κ2) is 7.48. The Kier molecular flexibility index (Phi) is 5.47. The first-order valence-corrected chi connectivity index (χ1v) is 11.0. The second-order valence-electron chi connectivity index (χ2n) is 6.24. The van der Waals surface area contributed by atoms with Crippen LogP contribution in [0.1, 0.15) is 12.5 Å². The smallest absolute Gasteiger partial charge is 0.252 e. The number of amides is 1. The van der Waals surface area contributed by atoms with Crippen molar-refractivity contribution in [2.45, 2.75) is 24.6 Å². The van der Waals surface area contributed by atoms with Gasteiger partial charge in [-0.05, 0) is 24.6 Å². The molecule has 2 atom stereocenters. The van der Waals surface area contributed by atoms with E-state index in [1.54, 1.807) is 32.4 Å². The average Bonchev–Trinajstić information content (AvgIpc) is 3.04. The van der Waals surface area contributed by atoms with Crippen LogP contribution in [0.2, 0.25) is 0 Å². The predicted octanol–water partition coefficient (Wildman–Crippen LogP) is 1.36. The number of carbonyl (C=O) groups is 1. The topological polar surface area (TPSA) is 85.3 Å². The fourth-order valence-corrected chi connectivity index (χ4v) is 7.35. The van der Waals surface area contributed by atoms with E-state index in [-0.39, 0.29) is 35.1 Å². The summed E-state index contributed by atoms with van der Waals surface area (Å²) in [6.45, 7) is 2.58. The molecule has 1 aromatic carbocycles. The Morgan fingerprint density at radius 3 is 2.65 bits per heavy atom. The van der Waals surface area contributed by atoms with Crippen molar-refractivity contribution in [3.63, 3.8) is 0 Å². The van der Waals surface area contributed by atoms with Crippen LogP contribution < -0.4 is 9.47 Å². The number of ether oxygens (including phenoxy) is 2. The largest absolute Gasteiger partial charge is 0.493 e. The molecule has 0 aliphatic carbocycles. The number of benzene rings is 1. The van der Waals surface area contributed by atoms with Crippen molar-refractivity contribution in [3.8, 4) is 11.5 Å². The summed E-state index contributed by atoms with van der Waals surface area (Å²) in [7, 11) is 0.113. The molecule has 9 heteroatoms. The number of rotatable bonds is 5. The first kappa shape index (κ1) is 19.0. The summed E-state index contributed by atoms with van der Waals surface area (Å²) in [5.74, 6) is 1.20. The SMILES string of the molecule is CCN1C(=NC(=O)Cc2ccc(OC)c(OC)c2)SC2CS(=O)(=O)CC21. The molecule has 3 rings (SSSR count). The van der Waals surface area contributed by atoms with Crippen LogP contribution in [0.3, 0.4) is 0 Å². The molecule has 0 radical (unpaired) electrons. The van der Waals surface area contributed by atoms with E-state index >= 15 is 0 Å². The van der Waals surface area contributed by atoms with Crippen molar-refractivity contribution < 1.29 is 22.7 Å². The molecule has 0 aromatic heterocycles. The molecule has 7 nitrogen and oxygen atoms in total. The van der Waals surface area contributed by atoms with E-state index in [9.17, 15) is 13.2 Å². The highest BCUT2D eigenvalue weighted by Gasteiger charge is 2.48. The number of thioether (sulfide) groups is 1. The van der Waals surface area contributed by atoms with E-state index in [4.69, 9.17) is 9.47 Å². The molecule has 142 valence electrons. The quantitative estimate of drug-likeness (QED) is 0.740. The number of amidine groups is 1. The molecule has 0 saturated carbocycles. The molecule has 2 aliphatic heterocycles. The molecule has 2 saturated heterocycles. The van der Waals surface area contributed by atoms with Gasteiger partial charge in [0.1, 0.15) is 0 Å². The summed E-state index contributed by atoms with van der Waals surface area (Å²) in [6.07, 6.45) is 0.148. The van der Waals surface area contributed by atoms with Crippen molar-refractivity contribution in [1.82, 2.24) is 4.90 Å². The Morgan fingerprint density at radius 1 is 1.27 bits per heavy atom. The highest BCUT2D eigenvalue weighted by molar-refractivity contribution is 8.15. The molecule has 0 spiro atoms. The van der Waals surface area contributed by atoms with E-state index in [2.05, 4.69) is 4.99 Å². The predicted molar refractivity (Wildman–Crippen MR) is 102 cm³/mol. The maximum atomic E-state index is 12.4.